The number of hydrogen-bond donors (Lipinski definition) is 1. The second-order valence-corrected chi connectivity index (χ2v) is 4.04. The van der Waals surface area contributed by atoms with Crippen LogP contribution in [0.25, 0.3) is 0 Å². The molecule has 1 aliphatic heterocycles. The van der Waals surface area contributed by atoms with Gasteiger partial charge < -0.3 is 10.2 Å². The molecule has 1 rings (SSSR count). The summed E-state index contributed by atoms with van der Waals surface area (Å²) < 4.78 is 36.9. The van der Waals surface area contributed by atoms with Gasteiger partial charge in [-0.15, -0.1) is 0 Å². The van der Waals surface area contributed by atoms with E-state index >= 15 is 0 Å². The quantitative estimate of drug-likeness (QED) is 0.805. The summed E-state index contributed by atoms with van der Waals surface area (Å²) in [6.07, 6.45) is -2.42. The third-order valence-corrected chi connectivity index (χ3v) is 2.63. The van der Waals surface area contributed by atoms with Gasteiger partial charge in [0.05, 0.1) is 0 Å². The molecular weight excluding hydrogens is 221 g/mol. The van der Waals surface area contributed by atoms with Crippen molar-refractivity contribution in [2.24, 2.45) is 0 Å². The van der Waals surface area contributed by atoms with Gasteiger partial charge in [0.25, 0.3) is 0 Å². The van der Waals surface area contributed by atoms with Crippen LogP contribution >= 0.6 is 0 Å². The highest BCUT2D eigenvalue weighted by Crippen LogP contribution is 2.19. The van der Waals surface area contributed by atoms with E-state index in [1.165, 1.54) is 0 Å². The first-order valence-electron chi connectivity index (χ1n) is 5.54. The first kappa shape index (κ1) is 13.3. The Kier molecular flexibility index (Phi) is 4.58. The fraction of sp³-hybridized carbons (Fsp3) is 0.900. The molecule has 1 amide bonds. The maximum absolute atomic E-state index is 12.3. The molecule has 6 heteroatoms. The number of nitrogens with one attached hydrogen (secondary N) is 1. The minimum atomic E-state index is -4.76. The second-order valence-electron chi connectivity index (χ2n) is 4.04. The summed E-state index contributed by atoms with van der Waals surface area (Å²) in [5.41, 5.74) is 0. The number of halogens is 3. The zero-order valence-corrected chi connectivity index (χ0v) is 9.31. The van der Waals surface area contributed by atoms with E-state index in [0.29, 0.717) is 6.42 Å². The Labute approximate surface area is 93.0 Å². The monoisotopic (exact) mass is 238 g/mol. The predicted molar refractivity (Wildman–Crippen MR) is 54.0 cm³/mol. The maximum atomic E-state index is 12.3. The molecule has 1 unspecified atom stereocenters. The lowest BCUT2D eigenvalue weighted by atomic mass is 10.2. The highest BCUT2D eigenvalue weighted by atomic mass is 19.4. The average Bonchev–Trinajstić information content (AvgIpc) is 2.67. The molecule has 94 valence electrons. The SMILES string of the molecule is CCCN(CC1CCCN1)C(=O)C(F)(F)F. The van der Waals surface area contributed by atoms with Gasteiger partial charge in [0.1, 0.15) is 0 Å². The third kappa shape index (κ3) is 3.66. The molecule has 16 heavy (non-hydrogen) atoms. The number of rotatable bonds is 4. The van der Waals surface area contributed by atoms with Crippen LogP contribution in [0.3, 0.4) is 0 Å². The van der Waals surface area contributed by atoms with E-state index in [1.54, 1.807) is 6.92 Å². The lowest BCUT2D eigenvalue weighted by Gasteiger charge is -2.26. The molecule has 0 aromatic carbocycles. The van der Waals surface area contributed by atoms with Crippen LogP contribution in [0.5, 0.6) is 0 Å². The smallest absolute Gasteiger partial charge is 0.333 e. The van der Waals surface area contributed by atoms with Gasteiger partial charge >= 0.3 is 12.1 Å². The van der Waals surface area contributed by atoms with Crippen molar-refractivity contribution in [1.82, 2.24) is 10.2 Å². The molecule has 0 aromatic heterocycles. The van der Waals surface area contributed by atoms with Crippen molar-refractivity contribution in [3.63, 3.8) is 0 Å². The molecule has 0 aromatic rings. The van der Waals surface area contributed by atoms with E-state index in [0.717, 1.165) is 24.3 Å². The molecule has 0 bridgehead atoms. The minimum absolute atomic E-state index is 0.0119. The Morgan fingerprint density at radius 3 is 2.62 bits per heavy atom. The zero-order chi connectivity index (χ0) is 12.2. The number of carbonyl (C=O) groups is 1. The molecule has 1 heterocycles. The number of nitrogens with zero attached hydrogens (tertiary/aromatic N) is 1. The van der Waals surface area contributed by atoms with Crippen molar-refractivity contribution in [3.05, 3.63) is 0 Å². The van der Waals surface area contributed by atoms with E-state index in [2.05, 4.69) is 5.32 Å². The van der Waals surface area contributed by atoms with Crippen molar-refractivity contribution >= 4 is 5.91 Å². The van der Waals surface area contributed by atoms with Crippen LogP contribution in [-0.2, 0) is 4.79 Å². The van der Waals surface area contributed by atoms with Gasteiger partial charge in [-0.25, -0.2) is 0 Å². The van der Waals surface area contributed by atoms with E-state index in [1.807, 2.05) is 0 Å². The molecule has 1 fully saturated rings. The predicted octanol–water partition coefficient (Wildman–Crippen LogP) is 1.54. The standard InChI is InChI=1S/C10H17F3N2O/c1-2-6-15(9(16)10(11,12)13)7-8-4-3-5-14-8/h8,14H,2-7H2,1H3. The molecule has 1 atom stereocenters. The van der Waals surface area contributed by atoms with Crippen LogP contribution in [0.2, 0.25) is 0 Å². The highest BCUT2D eigenvalue weighted by Gasteiger charge is 2.42. The summed E-state index contributed by atoms with van der Waals surface area (Å²) in [5, 5.41) is 3.09. The van der Waals surface area contributed by atoms with Crippen molar-refractivity contribution in [2.45, 2.75) is 38.4 Å². The van der Waals surface area contributed by atoms with Gasteiger partial charge in [0.15, 0.2) is 0 Å². The Bertz CT molecular complexity index is 237. The summed E-state index contributed by atoms with van der Waals surface area (Å²) >= 11 is 0. The third-order valence-electron chi connectivity index (χ3n) is 2.63. The van der Waals surface area contributed by atoms with Crippen LogP contribution in [0, 0.1) is 0 Å². The largest absolute Gasteiger partial charge is 0.471 e. The van der Waals surface area contributed by atoms with Crippen molar-refractivity contribution < 1.29 is 18.0 Å². The average molecular weight is 238 g/mol. The van der Waals surface area contributed by atoms with Crippen LogP contribution < -0.4 is 5.32 Å². The molecule has 1 saturated heterocycles. The number of alkyl halides is 3. The van der Waals surface area contributed by atoms with Gasteiger partial charge in [-0.1, -0.05) is 6.92 Å². The fourth-order valence-electron chi connectivity index (χ4n) is 1.90. The van der Waals surface area contributed by atoms with Gasteiger partial charge in [-0.3, -0.25) is 4.79 Å². The Morgan fingerprint density at radius 1 is 1.50 bits per heavy atom. The van der Waals surface area contributed by atoms with Gasteiger partial charge in [-0.2, -0.15) is 13.2 Å². The normalized spacial score (nSPS) is 21.1. The van der Waals surface area contributed by atoms with Crippen LogP contribution in [-0.4, -0.2) is 42.7 Å². The summed E-state index contributed by atoms with van der Waals surface area (Å²) in [5.74, 6) is -1.72. The first-order valence-corrected chi connectivity index (χ1v) is 5.54. The molecule has 3 nitrogen and oxygen atoms in total. The summed E-state index contributed by atoms with van der Waals surface area (Å²) in [6, 6.07) is 0.0119. The van der Waals surface area contributed by atoms with Crippen LogP contribution in [0.4, 0.5) is 13.2 Å². The highest BCUT2D eigenvalue weighted by molar-refractivity contribution is 5.81. The van der Waals surface area contributed by atoms with E-state index in [9.17, 15) is 18.0 Å². The van der Waals surface area contributed by atoms with E-state index < -0.39 is 12.1 Å². The molecule has 1 aliphatic rings. The van der Waals surface area contributed by atoms with E-state index in [4.69, 9.17) is 0 Å². The van der Waals surface area contributed by atoms with Crippen LogP contribution in [0.1, 0.15) is 26.2 Å². The molecule has 1 N–H and O–H groups in total. The summed E-state index contributed by atoms with van der Waals surface area (Å²) in [6.45, 7) is 2.91. The molecule has 0 spiro atoms. The number of carbonyl (C=O) groups excluding carboxylic acids is 1. The summed E-state index contributed by atoms with van der Waals surface area (Å²) in [7, 11) is 0. The molecule has 0 saturated carbocycles. The Hall–Kier alpha value is -0.780. The molecule has 0 radical (unpaired) electrons. The Balaban J connectivity index is 2.55. The van der Waals surface area contributed by atoms with Gasteiger partial charge in [-0.05, 0) is 25.8 Å². The molecule has 0 aliphatic carbocycles. The lowest BCUT2D eigenvalue weighted by Crippen LogP contribution is -2.47. The second kappa shape index (κ2) is 5.52. The summed E-state index contributed by atoms with van der Waals surface area (Å²) in [4.78, 5) is 12.0. The van der Waals surface area contributed by atoms with Crippen molar-refractivity contribution in [2.75, 3.05) is 19.6 Å². The van der Waals surface area contributed by atoms with Crippen LogP contribution in [0.15, 0.2) is 0 Å². The first-order chi connectivity index (χ1) is 7.45. The fourth-order valence-corrected chi connectivity index (χ4v) is 1.90. The van der Waals surface area contributed by atoms with Gasteiger partial charge in [0, 0.05) is 19.1 Å². The van der Waals surface area contributed by atoms with Gasteiger partial charge in [0.2, 0.25) is 0 Å². The topological polar surface area (TPSA) is 32.3 Å². The lowest BCUT2D eigenvalue weighted by molar-refractivity contribution is -0.185. The minimum Gasteiger partial charge on any atom is -0.333 e. The maximum Gasteiger partial charge on any atom is 0.471 e. The van der Waals surface area contributed by atoms with Crippen molar-refractivity contribution in [1.29, 1.82) is 0 Å². The number of hydrogen-bond acceptors (Lipinski definition) is 2. The zero-order valence-electron chi connectivity index (χ0n) is 9.31. The van der Waals surface area contributed by atoms with Crippen molar-refractivity contribution in [3.8, 4) is 0 Å². The number of amides is 1. The molecular formula is C10H17F3N2O. The Morgan fingerprint density at radius 2 is 2.19 bits per heavy atom. The van der Waals surface area contributed by atoms with E-state index in [-0.39, 0.29) is 19.1 Å².